The number of hydrogen-bond donors (Lipinski definition) is 1. The van der Waals surface area contributed by atoms with E-state index < -0.39 is 0 Å². The second kappa shape index (κ2) is 3.58. The topological polar surface area (TPSA) is 33.1 Å². The minimum atomic E-state index is 0.204. The van der Waals surface area contributed by atoms with Gasteiger partial charge in [0.2, 0.25) is 0 Å². The zero-order valence-electron chi connectivity index (χ0n) is 8.44. The summed E-state index contributed by atoms with van der Waals surface area (Å²) in [4.78, 5) is 4.70. The number of thiazole rings is 1. The van der Waals surface area contributed by atoms with Crippen molar-refractivity contribution in [2.45, 2.75) is 25.2 Å². The standard InChI is InChI=1S/C12H13NOS/c14-7-6-8-2-1-3-10-11(8)13-12(15-10)9-4-5-9/h1-3,9,14H,4-7H2. The van der Waals surface area contributed by atoms with Gasteiger partial charge >= 0.3 is 0 Å². The van der Waals surface area contributed by atoms with Crippen LogP contribution in [0, 0.1) is 0 Å². The number of para-hydroxylation sites is 1. The second-order valence-corrected chi connectivity index (χ2v) is 5.13. The summed E-state index contributed by atoms with van der Waals surface area (Å²) < 4.78 is 1.27. The molecular formula is C12H13NOS. The molecule has 2 nitrogen and oxygen atoms in total. The summed E-state index contributed by atoms with van der Waals surface area (Å²) >= 11 is 1.82. The molecule has 0 amide bonds. The highest BCUT2D eigenvalue weighted by molar-refractivity contribution is 7.18. The van der Waals surface area contributed by atoms with Gasteiger partial charge in [0.15, 0.2) is 0 Å². The number of aliphatic hydroxyl groups excluding tert-OH is 1. The highest BCUT2D eigenvalue weighted by Crippen LogP contribution is 2.43. The molecule has 0 unspecified atom stereocenters. The molecule has 2 aromatic rings. The third-order valence-electron chi connectivity index (χ3n) is 2.83. The Labute approximate surface area is 92.6 Å². The van der Waals surface area contributed by atoms with Crippen LogP contribution in [0.3, 0.4) is 0 Å². The van der Waals surface area contributed by atoms with Gasteiger partial charge in [0, 0.05) is 12.5 Å². The molecule has 78 valence electrons. The van der Waals surface area contributed by atoms with Crippen molar-refractivity contribution in [2.24, 2.45) is 0 Å². The number of aliphatic hydroxyl groups is 1. The number of hydrogen-bond acceptors (Lipinski definition) is 3. The molecular weight excluding hydrogens is 206 g/mol. The number of aromatic nitrogens is 1. The number of nitrogens with zero attached hydrogens (tertiary/aromatic N) is 1. The molecule has 1 saturated carbocycles. The zero-order valence-corrected chi connectivity index (χ0v) is 9.26. The summed E-state index contributed by atoms with van der Waals surface area (Å²) in [6.45, 7) is 0.204. The second-order valence-electron chi connectivity index (χ2n) is 4.06. The van der Waals surface area contributed by atoms with Gasteiger partial charge in [0.25, 0.3) is 0 Å². The lowest BCUT2D eigenvalue weighted by molar-refractivity contribution is 0.300. The Balaban J connectivity index is 2.11. The molecule has 0 saturated heterocycles. The summed E-state index contributed by atoms with van der Waals surface area (Å²) in [5.74, 6) is 0.726. The predicted octanol–water partition coefficient (Wildman–Crippen LogP) is 2.71. The Kier molecular flexibility index (Phi) is 2.22. The van der Waals surface area contributed by atoms with Gasteiger partial charge < -0.3 is 5.11 Å². The summed E-state index contributed by atoms with van der Waals surface area (Å²) in [6, 6.07) is 6.25. The Morgan fingerprint density at radius 3 is 3.00 bits per heavy atom. The van der Waals surface area contributed by atoms with Crippen LogP contribution in [0.4, 0.5) is 0 Å². The van der Waals surface area contributed by atoms with E-state index in [2.05, 4.69) is 18.2 Å². The molecule has 1 aliphatic carbocycles. The van der Waals surface area contributed by atoms with Gasteiger partial charge in [0.05, 0.1) is 15.2 Å². The third kappa shape index (κ3) is 1.66. The van der Waals surface area contributed by atoms with E-state index in [1.807, 2.05) is 11.3 Å². The fourth-order valence-corrected chi connectivity index (χ4v) is 3.03. The minimum absolute atomic E-state index is 0.204. The Morgan fingerprint density at radius 1 is 1.40 bits per heavy atom. The highest BCUT2D eigenvalue weighted by Gasteiger charge is 2.27. The molecule has 1 heterocycles. The molecule has 3 heteroatoms. The zero-order chi connectivity index (χ0) is 10.3. The first kappa shape index (κ1) is 9.31. The normalized spacial score (nSPS) is 16.1. The lowest BCUT2D eigenvalue weighted by Gasteiger charge is -1.97. The summed E-state index contributed by atoms with van der Waals surface area (Å²) in [5.41, 5.74) is 2.29. The van der Waals surface area contributed by atoms with Crippen LogP contribution >= 0.6 is 11.3 Å². The van der Waals surface area contributed by atoms with Crippen LogP contribution in [0.5, 0.6) is 0 Å². The Hall–Kier alpha value is -0.930. The van der Waals surface area contributed by atoms with Crippen molar-refractivity contribution < 1.29 is 5.11 Å². The lowest BCUT2D eigenvalue weighted by Crippen LogP contribution is -1.91. The fourth-order valence-electron chi connectivity index (χ4n) is 1.85. The van der Waals surface area contributed by atoms with Crippen LogP contribution in [-0.2, 0) is 6.42 Å². The van der Waals surface area contributed by atoms with E-state index in [0.717, 1.165) is 11.4 Å². The molecule has 0 aliphatic heterocycles. The number of benzene rings is 1. The third-order valence-corrected chi connectivity index (χ3v) is 4.01. The van der Waals surface area contributed by atoms with Crippen LogP contribution in [0.15, 0.2) is 18.2 Å². The molecule has 0 radical (unpaired) electrons. The van der Waals surface area contributed by atoms with Crippen molar-refractivity contribution in [3.05, 3.63) is 28.8 Å². The van der Waals surface area contributed by atoms with Gasteiger partial charge in [-0.1, -0.05) is 12.1 Å². The molecule has 3 rings (SSSR count). The smallest absolute Gasteiger partial charge is 0.0969 e. The van der Waals surface area contributed by atoms with Crippen LogP contribution < -0.4 is 0 Å². The first-order chi connectivity index (χ1) is 7.38. The van der Waals surface area contributed by atoms with E-state index in [4.69, 9.17) is 10.1 Å². The van der Waals surface area contributed by atoms with E-state index in [-0.39, 0.29) is 6.61 Å². The van der Waals surface area contributed by atoms with Crippen LogP contribution in [-0.4, -0.2) is 16.7 Å². The summed E-state index contributed by atoms with van der Waals surface area (Å²) in [5, 5.41) is 10.3. The van der Waals surface area contributed by atoms with Gasteiger partial charge in [-0.15, -0.1) is 11.3 Å². The van der Waals surface area contributed by atoms with Crippen LogP contribution in [0.25, 0.3) is 10.2 Å². The Morgan fingerprint density at radius 2 is 2.27 bits per heavy atom. The monoisotopic (exact) mass is 219 g/mol. The van der Waals surface area contributed by atoms with Crippen molar-refractivity contribution in [3.63, 3.8) is 0 Å². The predicted molar refractivity (Wildman–Crippen MR) is 62.4 cm³/mol. The van der Waals surface area contributed by atoms with Crippen molar-refractivity contribution in [2.75, 3.05) is 6.61 Å². The molecule has 0 bridgehead atoms. The van der Waals surface area contributed by atoms with Crippen molar-refractivity contribution in [3.8, 4) is 0 Å². The molecule has 1 aromatic heterocycles. The first-order valence-corrected chi connectivity index (χ1v) is 6.19. The van der Waals surface area contributed by atoms with Crippen molar-refractivity contribution in [1.82, 2.24) is 4.98 Å². The van der Waals surface area contributed by atoms with Gasteiger partial charge in [-0.25, -0.2) is 4.98 Å². The first-order valence-electron chi connectivity index (χ1n) is 5.37. The number of fused-ring (bicyclic) bond motifs is 1. The molecule has 0 spiro atoms. The Bertz CT molecular complexity index is 487. The van der Waals surface area contributed by atoms with Gasteiger partial charge in [-0.3, -0.25) is 0 Å². The molecule has 0 atom stereocenters. The number of rotatable bonds is 3. The SMILES string of the molecule is OCCc1cccc2sc(C3CC3)nc12. The quantitative estimate of drug-likeness (QED) is 0.861. The van der Waals surface area contributed by atoms with E-state index in [9.17, 15) is 0 Å². The maximum absolute atomic E-state index is 8.98. The summed E-state index contributed by atoms with van der Waals surface area (Å²) in [6.07, 6.45) is 3.31. The van der Waals surface area contributed by atoms with E-state index >= 15 is 0 Å². The van der Waals surface area contributed by atoms with Gasteiger partial charge in [-0.2, -0.15) is 0 Å². The van der Waals surface area contributed by atoms with Crippen molar-refractivity contribution >= 4 is 21.6 Å². The van der Waals surface area contributed by atoms with Crippen LogP contribution in [0.2, 0.25) is 0 Å². The molecule has 15 heavy (non-hydrogen) atoms. The molecule has 1 fully saturated rings. The maximum Gasteiger partial charge on any atom is 0.0969 e. The summed E-state index contributed by atoms with van der Waals surface area (Å²) in [7, 11) is 0. The lowest BCUT2D eigenvalue weighted by atomic mass is 10.1. The highest BCUT2D eigenvalue weighted by atomic mass is 32.1. The maximum atomic E-state index is 8.98. The average molecular weight is 219 g/mol. The molecule has 1 aromatic carbocycles. The fraction of sp³-hybridized carbons (Fsp3) is 0.417. The van der Waals surface area contributed by atoms with E-state index in [1.165, 1.54) is 28.1 Å². The van der Waals surface area contributed by atoms with Gasteiger partial charge in [-0.05, 0) is 30.9 Å². The molecule has 1 N–H and O–H groups in total. The largest absolute Gasteiger partial charge is 0.396 e. The van der Waals surface area contributed by atoms with E-state index in [0.29, 0.717) is 6.42 Å². The van der Waals surface area contributed by atoms with E-state index in [1.54, 1.807) is 0 Å². The minimum Gasteiger partial charge on any atom is -0.396 e. The van der Waals surface area contributed by atoms with Crippen LogP contribution in [0.1, 0.15) is 29.3 Å². The van der Waals surface area contributed by atoms with Gasteiger partial charge in [0.1, 0.15) is 0 Å². The average Bonchev–Trinajstić information content (AvgIpc) is 2.99. The molecule has 1 aliphatic rings. The van der Waals surface area contributed by atoms with Crippen molar-refractivity contribution in [1.29, 1.82) is 0 Å².